The predicted molar refractivity (Wildman–Crippen MR) is 57.6 cm³/mol. The Hall–Kier alpha value is -1.43. The second-order valence-corrected chi connectivity index (χ2v) is 3.87. The maximum absolute atomic E-state index is 10.7. The molecule has 0 aromatic heterocycles. The Labute approximate surface area is 93.6 Å². The van der Waals surface area contributed by atoms with Crippen LogP contribution in [0.4, 0.5) is 0 Å². The minimum absolute atomic E-state index is 0.00352. The third-order valence-electron chi connectivity index (χ3n) is 2.18. The topological polar surface area (TPSA) is 81.0 Å². The normalized spacial score (nSPS) is 11.8. The van der Waals surface area contributed by atoms with Gasteiger partial charge in [0, 0.05) is 12.1 Å². The predicted octanol–water partition coefficient (Wildman–Crippen LogP) is -0.0298. The molecule has 0 aliphatic carbocycles. The summed E-state index contributed by atoms with van der Waals surface area (Å²) in [4.78, 5) is 12.6. The summed E-state index contributed by atoms with van der Waals surface area (Å²) >= 11 is 0. The Morgan fingerprint density at radius 3 is 2.38 bits per heavy atom. The standard InChI is InChI=1S/C11H15NO4/c1-12(2)7-8-5-3-4-6-9(8)11(15,16)10(13)14/h3-6,15-16H,7H2,1-2H3,(H,13,14). The third kappa shape index (κ3) is 2.57. The number of carboxylic acids is 1. The van der Waals surface area contributed by atoms with Gasteiger partial charge < -0.3 is 20.2 Å². The molecule has 1 rings (SSSR count). The molecule has 0 fully saturated rings. The first kappa shape index (κ1) is 12.6. The Morgan fingerprint density at radius 2 is 1.88 bits per heavy atom. The molecule has 0 saturated heterocycles. The zero-order chi connectivity index (χ0) is 12.3. The van der Waals surface area contributed by atoms with Crippen molar-refractivity contribution in [1.29, 1.82) is 0 Å². The number of nitrogens with zero attached hydrogens (tertiary/aromatic N) is 1. The van der Waals surface area contributed by atoms with Crippen LogP contribution in [-0.2, 0) is 17.1 Å². The van der Waals surface area contributed by atoms with Gasteiger partial charge in [0.2, 0.25) is 0 Å². The fourth-order valence-electron chi connectivity index (χ4n) is 1.45. The summed E-state index contributed by atoms with van der Waals surface area (Å²) in [7, 11) is 3.63. The van der Waals surface area contributed by atoms with Crippen LogP contribution in [0.3, 0.4) is 0 Å². The van der Waals surface area contributed by atoms with Crippen LogP contribution >= 0.6 is 0 Å². The maximum atomic E-state index is 10.7. The fourth-order valence-corrected chi connectivity index (χ4v) is 1.45. The second-order valence-electron chi connectivity index (χ2n) is 3.87. The average Bonchev–Trinajstić information content (AvgIpc) is 2.17. The van der Waals surface area contributed by atoms with Gasteiger partial charge in [-0.05, 0) is 19.7 Å². The van der Waals surface area contributed by atoms with Crippen LogP contribution < -0.4 is 0 Å². The van der Waals surface area contributed by atoms with E-state index in [-0.39, 0.29) is 5.56 Å². The lowest BCUT2D eigenvalue weighted by molar-refractivity contribution is -0.208. The molecule has 0 atom stereocenters. The van der Waals surface area contributed by atoms with Gasteiger partial charge in [-0.15, -0.1) is 0 Å². The van der Waals surface area contributed by atoms with E-state index in [1.165, 1.54) is 6.07 Å². The molecule has 0 bridgehead atoms. The Bertz CT molecular complexity index is 387. The molecule has 0 saturated carbocycles. The molecular weight excluding hydrogens is 210 g/mol. The van der Waals surface area contributed by atoms with E-state index in [4.69, 9.17) is 5.11 Å². The lowest BCUT2D eigenvalue weighted by atomic mass is 9.99. The van der Waals surface area contributed by atoms with Crippen LogP contribution in [0.15, 0.2) is 24.3 Å². The molecule has 0 unspecified atom stereocenters. The van der Waals surface area contributed by atoms with Gasteiger partial charge in [-0.1, -0.05) is 24.3 Å². The molecule has 88 valence electrons. The highest BCUT2D eigenvalue weighted by Crippen LogP contribution is 2.23. The number of hydrogen-bond acceptors (Lipinski definition) is 4. The number of aliphatic hydroxyl groups is 2. The average molecular weight is 225 g/mol. The minimum atomic E-state index is -2.84. The highest BCUT2D eigenvalue weighted by molar-refractivity contribution is 5.77. The first-order chi connectivity index (χ1) is 7.35. The van der Waals surface area contributed by atoms with Gasteiger partial charge in [-0.25, -0.2) is 4.79 Å². The first-order valence-corrected chi connectivity index (χ1v) is 4.77. The summed E-state index contributed by atoms with van der Waals surface area (Å²) in [6.45, 7) is 0.437. The molecule has 0 spiro atoms. The number of carboxylic acid groups (broad SMARTS) is 1. The lowest BCUT2D eigenvalue weighted by Crippen LogP contribution is -2.36. The van der Waals surface area contributed by atoms with Crippen molar-refractivity contribution in [3.8, 4) is 0 Å². The lowest BCUT2D eigenvalue weighted by Gasteiger charge is -2.21. The van der Waals surface area contributed by atoms with Gasteiger partial charge in [-0.2, -0.15) is 0 Å². The molecule has 16 heavy (non-hydrogen) atoms. The summed E-state index contributed by atoms with van der Waals surface area (Å²) in [6, 6.07) is 6.35. The van der Waals surface area contributed by atoms with E-state index in [0.29, 0.717) is 12.1 Å². The van der Waals surface area contributed by atoms with E-state index in [1.54, 1.807) is 18.2 Å². The van der Waals surface area contributed by atoms with Crippen LogP contribution in [-0.4, -0.2) is 40.3 Å². The quantitative estimate of drug-likeness (QED) is 0.627. The largest absolute Gasteiger partial charge is 0.477 e. The number of rotatable bonds is 4. The van der Waals surface area contributed by atoms with Gasteiger partial charge in [0.25, 0.3) is 5.79 Å². The summed E-state index contributed by atoms with van der Waals surface area (Å²) < 4.78 is 0. The SMILES string of the molecule is CN(C)Cc1ccccc1C(O)(O)C(=O)O. The van der Waals surface area contributed by atoms with Crippen molar-refractivity contribution < 1.29 is 20.1 Å². The zero-order valence-electron chi connectivity index (χ0n) is 9.21. The number of benzene rings is 1. The maximum Gasteiger partial charge on any atom is 0.369 e. The number of carbonyl (C=O) groups is 1. The van der Waals surface area contributed by atoms with Crippen LogP contribution in [0.1, 0.15) is 11.1 Å². The van der Waals surface area contributed by atoms with Crippen molar-refractivity contribution in [2.24, 2.45) is 0 Å². The van der Waals surface area contributed by atoms with Crippen LogP contribution in [0.25, 0.3) is 0 Å². The smallest absolute Gasteiger partial charge is 0.369 e. The molecule has 0 aliphatic heterocycles. The highest BCUT2D eigenvalue weighted by atomic mass is 16.5. The summed E-state index contributed by atoms with van der Waals surface area (Å²) in [5.74, 6) is -4.52. The van der Waals surface area contributed by atoms with Gasteiger partial charge in [0.15, 0.2) is 0 Å². The molecule has 0 amide bonds. The monoisotopic (exact) mass is 225 g/mol. The Morgan fingerprint density at radius 1 is 1.31 bits per heavy atom. The van der Waals surface area contributed by atoms with Crippen molar-refractivity contribution in [2.45, 2.75) is 12.3 Å². The summed E-state index contributed by atoms with van der Waals surface area (Å²) in [5, 5.41) is 27.7. The molecular formula is C11H15NO4. The van der Waals surface area contributed by atoms with Gasteiger partial charge in [0.1, 0.15) is 0 Å². The van der Waals surface area contributed by atoms with E-state index in [0.717, 1.165) is 0 Å². The molecule has 0 radical (unpaired) electrons. The zero-order valence-corrected chi connectivity index (χ0v) is 9.21. The van der Waals surface area contributed by atoms with Crippen molar-refractivity contribution in [3.05, 3.63) is 35.4 Å². The van der Waals surface area contributed by atoms with Gasteiger partial charge >= 0.3 is 5.97 Å². The number of aliphatic carboxylic acids is 1. The van der Waals surface area contributed by atoms with Crippen molar-refractivity contribution in [1.82, 2.24) is 4.90 Å². The Balaban J connectivity index is 3.17. The van der Waals surface area contributed by atoms with E-state index in [1.807, 2.05) is 19.0 Å². The second kappa shape index (κ2) is 4.61. The van der Waals surface area contributed by atoms with Gasteiger partial charge in [-0.3, -0.25) is 0 Å². The van der Waals surface area contributed by atoms with Crippen LogP contribution in [0, 0.1) is 0 Å². The van der Waals surface area contributed by atoms with Crippen molar-refractivity contribution >= 4 is 5.97 Å². The molecule has 5 heteroatoms. The van der Waals surface area contributed by atoms with E-state index in [2.05, 4.69) is 0 Å². The number of hydrogen-bond donors (Lipinski definition) is 3. The molecule has 1 aromatic carbocycles. The molecule has 1 aromatic rings. The molecule has 0 heterocycles. The Kier molecular flexibility index (Phi) is 3.64. The van der Waals surface area contributed by atoms with Crippen molar-refractivity contribution in [2.75, 3.05) is 14.1 Å². The van der Waals surface area contributed by atoms with Gasteiger partial charge in [0.05, 0.1) is 0 Å². The summed E-state index contributed by atoms with van der Waals surface area (Å²) in [5.41, 5.74) is 0.566. The summed E-state index contributed by atoms with van der Waals surface area (Å²) in [6.07, 6.45) is 0. The van der Waals surface area contributed by atoms with E-state index >= 15 is 0 Å². The van der Waals surface area contributed by atoms with Crippen molar-refractivity contribution in [3.63, 3.8) is 0 Å². The molecule has 3 N–H and O–H groups in total. The third-order valence-corrected chi connectivity index (χ3v) is 2.18. The minimum Gasteiger partial charge on any atom is -0.477 e. The molecule has 5 nitrogen and oxygen atoms in total. The molecule has 0 aliphatic rings. The first-order valence-electron chi connectivity index (χ1n) is 4.77. The fraction of sp³-hybridized carbons (Fsp3) is 0.364. The highest BCUT2D eigenvalue weighted by Gasteiger charge is 2.37. The van der Waals surface area contributed by atoms with E-state index < -0.39 is 11.8 Å². The van der Waals surface area contributed by atoms with Crippen LogP contribution in [0.5, 0.6) is 0 Å². The van der Waals surface area contributed by atoms with Crippen LogP contribution in [0.2, 0.25) is 0 Å². The van der Waals surface area contributed by atoms with E-state index in [9.17, 15) is 15.0 Å².